The van der Waals surface area contributed by atoms with Gasteiger partial charge in [-0.15, -0.1) is 5.92 Å². The molecule has 0 bridgehead atoms. The minimum atomic E-state index is -0.517. The monoisotopic (exact) mass is 90.0 g/mol. The van der Waals surface area contributed by atoms with Crippen molar-refractivity contribution in [3.8, 4) is 11.8 Å². The summed E-state index contributed by atoms with van der Waals surface area (Å²) in [6.45, 7) is 1.09. The third-order valence-electron chi connectivity index (χ3n) is 0.244. The summed E-state index contributed by atoms with van der Waals surface area (Å²) in [6, 6.07) is 0. The first-order valence-electron chi connectivity index (χ1n) is 1.37. The molecule has 0 aromatic carbocycles. The molecule has 0 spiro atoms. The van der Waals surface area contributed by atoms with Gasteiger partial charge in [0.2, 0.25) is 0 Å². The Labute approximate surface area is 36.5 Å². The van der Waals surface area contributed by atoms with Crippen molar-refractivity contribution in [3.05, 3.63) is 0 Å². The summed E-state index contributed by atoms with van der Waals surface area (Å²) in [5.74, 6) is 4.59. The molecule has 36 valence electrons. The van der Waals surface area contributed by atoms with E-state index in [0.717, 1.165) is 0 Å². The molecule has 0 aliphatic heterocycles. The Morgan fingerprint density at radius 3 is 2.17 bits per heavy atom. The molecule has 2 heteroatoms. The predicted octanol–water partition coefficient (Wildman–Crippen LogP) is 0.155. The highest BCUT2D eigenvalue weighted by Crippen LogP contribution is 1.55. The van der Waals surface area contributed by atoms with Crippen molar-refractivity contribution >= 4 is 0 Å². The van der Waals surface area contributed by atoms with Crippen LogP contribution in [0.4, 0.5) is 4.39 Å². The Hall–Kier alpha value is -0.550. The Bertz CT molecular complexity index is 59.7. The van der Waals surface area contributed by atoms with Crippen molar-refractivity contribution < 1.29 is 9.87 Å². The molecule has 0 aliphatic carbocycles. The SMILES string of the molecule is CC#CCF.O. The second kappa shape index (κ2) is 8.82. The van der Waals surface area contributed by atoms with Crippen molar-refractivity contribution in [2.75, 3.05) is 6.67 Å². The van der Waals surface area contributed by atoms with Gasteiger partial charge in [0.15, 0.2) is 0 Å². The number of alkyl halides is 1. The maximum absolute atomic E-state index is 10.8. The van der Waals surface area contributed by atoms with E-state index in [2.05, 4.69) is 11.8 Å². The lowest BCUT2D eigenvalue weighted by Gasteiger charge is -1.55. The second-order valence-electron chi connectivity index (χ2n) is 0.560. The maximum atomic E-state index is 10.8. The zero-order chi connectivity index (χ0) is 4.12. The van der Waals surface area contributed by atoms with Crippen molar-refractivity contribution in [1.82, 2.24) is 0 Å². The van der Waals surface area contributed by atoms with Crippen molar-refractivity contribution in [2.45, 2.75) is 6.92 Å². The van der Waals surface area contributed by atoms with Crippen LogP contribution in [0.1, 0.15) is 6.92 Å². The van der Waals surface area contributed by atoms with E-state index >= 15 is 0 Å². The minimum absolute atomic E-state index is 0. The molecule has 0 aromatic rings. The highest BCUT2D eigenvalue weighted by molar-refractivity contribution is 4.94. The molecule has 0 heterocycles. The van der Waals surface area contributed by atoms with Crippen LogP contribution in [-0.4, -0.2) is 12.2 Å². The number of halogens is 1. The van der Waals surface area contributed by atoms with E-state index in [9.17, 15) is 4.39 Å². The summed E-state index contributed by atoms with van der Waals surface area (Å²) in [5.41, 5.74) is 0. The van der Waals surface area contributed by atoms with Crippen LogP contribution in [0.25, 0.3) is 0 Å². The van der Waals surface area contributed by atoms with Crippen LogP contribution >= 0.6 is 0 Å². The van der Waals surface area contributed by atoms with Gasteiger partial charge in [0.1, 0.15) is 6.67 Å². The number of hydrogen-bond donors (Lipinski definition) is 0. The molecule has 6 heavy (non-hydrogen) atoms. The van der Waals surface area contributed by atoms with E-state index in [4.69, 9.17) is 0 Å². The molecule has 0 fully saturated rings. The predicted molar refractivity (Wildman–Crippen MR) is 23.0 cm³/mol. The average Bonchev–Trinajstić information content (AvgIpc) is 1.41. The minimum Gasteiger partial charge on any atom is -0.412 e. The quantitative estimate of drug-likeness (QED) is 0.379. The van der Waals surface area contributed by atoms with Gasteiger partial charge in [-0.05, 0) is 6.92 Å². The lowest BCUT2D eigenvalue weighted by Crippen LogP contribution is -1.55. The number of rotatable bonds is 0. The molecule has 0 aliphatic rings. The smallest absolute Gasteiger partial charge is 0.150 e. The Balaban J connectivity index is 0. The normalized spacial score (nSPS) is 4.33. The first-order chi connectivity index (χ1) is 2.41. The van der Waals surface area contributed by atoms with Gasteiger partial charge in [-0.3, -0.25) is 0 Å². The third-order valence-corrected chi connectivity index (χ3v) is 0.244. The maximum Gasteiger partial charge on any atom is 0.150 e. The van der Waals surface area contributed by atoms with Gasteiger partial charge < -0.3 is 5.48 Å². The molecule has 0 saturated heterocycles. The molecule has 1 nitrogen and oxygen atoms in total. The van der Waals surface area contributed by atoms with Crippen molar-refractivity contribution in [2.24, 2.45) is 0 Å². The van der Waals surface area contributed by atoms with Crippen molar-refractivity contribution in [1.29, 1.82) is 0 Å². The van der Waals surface area contributed by atoms with Gasteiger partial charge >= 0.3 is 0 Å². The van der Waals surface area contributed by atoms with Crippen LogP contribution in [0.5, 0.6) is 0 Å². The van der Waals surface area contributed by atoms with Crippen LogP contribution in [0.3, 0.4) is 0 Å². The van der Waals surface area contributed by atoms with Gasteiger partial charge in [0, 0.05) is 0 Å². The van der Waals surface area contributed by atoms with Crippen LogP contribution in [0, 0.1) is 11.8 Å². The van der Waals surface area contributed by atoms with E-state index in [-0.39, 0.29) is 5.48 Å². The zero-order valence-corrected chi connectivity index (χ0v) is 3.59. The summed E-state index contributed by atoms with van der Waals surface area (Å²) in [7, 11) is 0. The fourth-order valence-corrected chi connectivity index (χ4v) is 0.0668. The largest absolute Gasteiger partial charge is 0.412 e. The molecule has 0 amide bonds. The highest BCUT2D eigenvalue weighted by atomic mass is 19.1. The van der Waals surface area contributed by atoms with Crippen LogP contribution in [-0.2, 0) is 0 Å². The van der Waals surface area contributed by atoms with Gasteiger partial charge in [0.05, 0.1) is 0 Å². The molecule has 0 radical (unpaired) electrons. The molecular formula is C4H7FO. The van der Waals surface area contributed by atoms with Gasteiger partial charge in [-0.2, -0.15) is 0 Å². The standard InChI is InChI=1S/C4H5F.H2O/c1-2-3-4-5;/h4H2,1H3;1H2. The molecule has 0 saturated carbocycles. The van der Waals surface area contributed by atoms with Gasteiger partial charge in [0.25, 0.3) is 0 Å². The summed E-state index contributed by atoms with van der Waals surface area (Å²) in [5, 5.41) is 0. The van der Waals surface area contributed by atoms with Gasteiger partial charge in [-0.1, -0.05) is 5.92 Å². The van der Waals surface area contributed by atoms with E-state index < -0.39 is 6.67 Å². The van der Waals surface area contributed by atoms with Crippen LogP contribution < -0.4 is 0 Å². The van der Waals surface area contributed by atoms with Gasteiger partial charge in [-0.25, -0.2) is 4.39 Å². The summed E-state index contributed by atoms with van der Waals surface area (Å²) >= 11 is 0. The van der Waals surface area contributed by atoms with Crippen LogP contribution in [0.2, 0.25) is 0 Å². The van der Waals surface area contributed by atoms with E-state index in [1.807, 2.05) is 0 Å². The molecular weight excluding hydrogens is 83.0 g/mol. The molecule has 0 rings (SSSR count). The van der Waals surface area contributed by atoms with Crippen LogP contribution in [0.15, 0.2) is 0 Å². The third kappa shape index (κ3) is 9.85. The highest BCUT2D eigenvalue weighted by Gasteiger charge is 1.52. The summed E-state index contributed by atoms with van der Waals surface area (Å²) < 4.78 is 10.8. The Morgan fingerprint density at radius 2 is 2.17 bits per heavy atom. The van der Waals surface area contributed by atoms with E-state index in [1.165, 1.54) is 0 Å². The first kappa shape index (κ1) is 9.07. The summed E-state index contributed by atoms with van der Waals surface area (Å²) in [6.07, 6.45) is 0. The molecule has 0 aromatic heterocycles. The van der Waals surface area contributed by atoms with E-state index in [1.54, 1.807) is 6.92 Å². The lowest BCUT2D eigenvalue weighted by atomic mass is 10.7. The average molecular weight is 90.1 g/mol. The second-order valence-corrected chi connectivity index (χ2v) is 0.560. The fourth-order valence-electron chi connectivity index (χ4n) is 0.0668. The van der Waals surface area contributed by atoms with Crippen molar-refractivity contribution in [3.63, 3.8) is 0 Å². The molecule has 2 N–H and O–H groups in total. The zero-order valence-electron chi connectivity index (χ0n) is 3.59. The summed E-state index contributed by atoms with van der Waals surface area (Å²) in [4.78, 5) is 0. The Morgan fingerprint density at radius 1 is 1.67 bits per heavy atom. The molecule has 0 unspecified atom stereocenters. The number of hydrogen-bond acceptors (Lipinski definition) is 0. The molecule has 0 atom stereocenters. The lowest BCUT2D eigenvalue weighted by molar-refractivity contribution is 0.573. The first-order valence-corrected chi connectivity index (χ1v) is 1.37. The van der Waals surface area contributed by atoms with E-state index in [0.29, 0.717) is 0 Å². The fraction of sp³-hybridized carbons (Fsp3) is 0.500. The Kier molecular flexibility index (Phi) is 13.3. The topological polar surface area (TPSA) is 31.5 Å².